The first-order valence-electron chi connectivity index (χ1n) is 5.22. The molecule has 0 aliphatic heterocycles. The zero-order chi connectivity index (χ0) is 10.8. The molecule has 1 amide bonds. The average Bonchev–Trinajstić information content (AvgIpc) is 3.02. The van der Waals surface area contributed by atoms with Gasteiger partial charge in [0.25, 0.3) is 5.91 Å². The zero-order valence-electron chi connectivity index (χ0n) is 8.72. The van der Waals surface area contributed by atoms with Crippen molar-refractivity contribution in [2.24, 2.45) is 5.92 Å². The molecule has 1 aliphatic rings. The molecule has 0 heterocycles. The SMILES string of the molecule is Cc1c(Br)cccc1C(=O)NCC1CC1. The number of benzene rings is 1. The summed E-state index contributed by atoms with van der Waals surface area (Å²) in [5, 5.41) is 2.97. The first-order valence-corrected chi connectivity index (χ1v) is 6.01. The molecule has 1 fully saturated rings. The fraction of sp³-hybridized carbons (Fsp3) is 0.417. The normalized spacial score (nSPS) is 15.1. The molecule has 0 atom stereocenters. The van der Waals surface area contributed by atoms with Crippen molar-refractivity contribution in [3.05, 3.63) is 33.8 Å². The van der Waals surface area contributed by atoms with Gasteiger partial charge in [0.1, 0.15) is 0 Å². The van der Waals surface area contributed by atoms with Gasteiger partial charge in [0, 0.05) is 16.6 Å². The van der Waals surface area contributed by atoms with Crippen molar-refractivity contribution in [1.82, 2.24) is 5.32 Å². The Morgan fingerprint density at radius 2 is 2.27 bits per heavy atom. The second kappa shape index (κ2) is 4.35. The van der Waals surface area contributed by atoms with E-state index in [0.717, 1.165) is 28.1 Å². The summed E-state index contributed by atoms with van der Waals surface area (Å²) in [7, 11) is 0. The summed E-state index contributed by atoms with van der Waals surface area (Å²) < 4.78 is 0.988. The van der Waals surface area contributed by atoms with Crippen LogP contribution in [0.3, 0.4) is 0 Å². The maximum Gasteiger partial charge on any atom is 0.251 e. The van der Waals surface area contributed by atoms with Crippen LogP contribution in [0.5, 0.6) is 0 Å². The predicted molar refractivity (Wildman–Crippen MR) is 63.9 cm³/mol. The van der Waals surface area contributed by atoms with E-state index in [2.05, 4.69) is 21.2 Å². The van der Waals surface area contributed by atoms with E-state index in [9.17, 15) is 4.79 Å². The smallest absolute Gasteiger partial charge is 0.251 e. The van der Waals surface area contributed by atoms with E-state index < -0.39 is 0 Å². The monoisotopic (exact) mass is 267 g/mol. The van der Waals surface area contributed by atoms with Crippen LogP contribution in [0.25, 0.3) is 0 Å². The molecule has 0 aromatic heterocycles. The fourth-order valence-corrected chi connectivity index (χ4v) is 1.87. The molecule has 3 heteroatoms. The second-order valence-corrected chi connectivity index (χ2v) is 4.92. The summed E-state index contributed by atoms with van der Waals surface area (Å²) in [4.78, 5) is 11.8. The minimum absolute atomic E-state index is 0.0423. The fourth-order valence-electron chi connectivity index (χ4n) is 1.51. The van der Waals surface area contributed by atoms with Crippen LogP contribution in [-0.4, -0.2) is 12.5 Å². The van der Waals surface area contributed by atoms with Crippen molar-refractivity contribution in [3.8, 4) is 0 Å². The van der Waals surface area contributed by atoms with E-state index in [1.807, 2.05) is 25.1 Å². The molecule has 0 bridgehead atoms. The number of halogens is 1. The number of hydrogen-bond acceptors (Lipinski definition) is 1. The van der Waals surface area contributed by atoms with Gasteiger partial charge < -0.3 is 5.32 Å². The molecule has 0 saturated heterocycles. The predicted octanol–water partition coefficient (Wildman–Crippen LogP) is 2.90. The highest BCUT2D eigenvalue weighted by Gasteiger charge is 2.22. The Morgan fingerprint density at radius 3 is 2.93 bits per heavy atom. The summed E-state index contributed by atoms with van der Waals surface area (Å²) in [6.07, 6.45) is 2.52. The highest BCUT2D eigenvalue weighted by Crippen LogP contribution is 2.27. The number of hydrogen-bond donors (Lipinski definition) is 1. The van der Waals surface area contributed by atoms with Crippen LogP contribution >= 0.6 is 15.9 Å². The molecule has 0 unspecified atom stereocenters. The standard InChI is InChI=1S/C12H14BrNO/c1-8-10(3-2-4-11(8)13)12(15)14-7-9-5-6-9/h2-4,9H,5-7H2,1H3,(H,14,15). The number of rotatable bonds is 3. The minimum atomic E-state index is 0.0423. The summed E-state index contributed by atoms with van der Waals surface area (Å²) >= 11 is 3.43. The Labute approximate surface area is 98.2 Å². The van der Waals surface area contributed by atoms with E-state index in [1.165, 1.54) is 12.8 Å². The highest BCUT2D eigenvalue weighted by molar-refractivity contribution is 9.10. The van der Waals surface area contributed by atoms with Gasteiger partial charge in [0.15, 0.2) is 0 Å². The van der Waals surface area contributed by atoms with E-state index in [1.54, 1.807) is 0 Å². The van der Waals surface area contributed by atoms with Crippen LogP contribution in [-0.2, 0) is 0 Å². The molecular formula is C12H14BrNO. The van der Waals surface area contributed by atoms with Crippen LogP contribution in [0.2, 0.25) is 0 Å². The number of nitrogens with one attached hydrogen (secondary N) is 1. The Bertz CT molecular complexity index is 385. The van der Waals surface area contributed by atoms with Gasteiger partial charge in [-0.05, 0) is 43.4 Å². The molecule has 1 aromatic rings. The van der Waals surface area contributed by atoms with Crippen molar-refractivity contribution < 1.29 is 4.79 Å². The van der Waals surface area contributed by atoms with Crippen molar-refractivity contribution >= 4 is 21.8 Å². The first-order chi connectivity index (χ1) is 7.18. The lowest BCUT2D eigenvalue weighted by Crippen LogP contribution is -2.26. The topological polar surface area (TPSA) is 29.1 Å². The zero-order valence-corrected chi connectivity index (χ0v) is 10.3. The Balaban J connectivity index is 2.06. The molecule has 0 spiro atoms. The molecule has 1 aromatic carbocycles. The molecule has 1 N–H and O–H groups in total. The van der Waals surface area contributed by atoms with E-state index in [4.69, 9.17) is 0 Å². The van der Waals surface area contributed by atoms with Crippen LogP contribution in [0.4, 0.5) is 0 Å². The molecule has 80 valence electrons. The third-order valence-electron chi connectivity index (χ3n) is 2.76. The van der Waals surface area contributed by atoms with Gasteiger partial charge in [-0.15, -0.1) is 0 Å². The van der Waals surface area contributed by atoms with Gasteiger partial charge >= 0.3 is 0 Å². The summed E-state index contributed by atoms with van der Waals surface area (Å²) in [6, 6.07) is 5.71. The summed E-state index contributed by atoms with van der Waals surface area (Å²) in [5.41, 5.74) is 1.77. The number of carbonyl (C=O) groups is 1. The van der Waals surface area contributed by atoms with Gasteiger partial charge in [-0.1, -0.05) is 22.0 Å². The van der Waals surface area contributed by atoms with Crippen LogP contribution in [0.1, 0.15) is 28.8 Å². The summed E-state index contributed by atoms with van der Waals surface area (Å²) in [5.74, 6) is 0.766. The average molecular weight is 268 g/mol. The molecule has 0 radical (unpaired) electrons. The van der Waals surface area contributed by atoms with Crippen LogP contribution < -0.4 is 5.32 Å². The third kappa shape index (κ3) is 2.59. The number of amides is 1. The Kier molecular flexibility index (Phi) is 3.10. The maximum absolute atomic E-state index is 11.8. The van der Waals surface area contributed by atoms with Crippen molar-refractivity contribution in [2.75, 3.05) is 6.54 Å². The van der Waals surface area contributed by atoms with Gasteiger partial charge in [0.2, 0.25) is 0 Å². The molecular weight excluding hydrogens is 254 g/mol. The third-order valence-corrected chi connectivity index (χ3v) is 3.62. The van der Waals surface area contributed by atoms with Gasteiger partial charge in [0.05, 0.1) is 0 Å². The Hall–Kier alpha value is -0.830. The van der Waals surface area contributed by atoms with Gasteiger partial charge in [-0.3, -0.25) is 4.79 Å². The molecule has 1 saturated carbocycles. The van der Waals surface area contributed by atoms with E-state index >= 15 is 0 Å². The molecule has 2 rings (SSSR count). The lowest BCUT2D eigenvalue weighted by atomic mass is 10.1. The molecule has 15 heavy (non-hydrogen) atoms. The molecule has 1 aliphatic carbocycles. The second-order valence-electron chi connectivity index (χ2n) is 4.07. The van der Waals surface area contributed by atoms with Crippen molar-refractivity contribution in [2.45, 2.75) is 19.8 Å². The number of carbonyl (C=O) groups excluding carboxylic acids is 1. The lowest BCUT2D eigenvalue weighted by Gasteiger charge is -2.08. The van der Waals surface area contributed by atoms with Gasteiger partial charge in [-0.2, -0.15) is 0 Å². The minimum Gasteiger partial charge on any atom is -0.352 e. The van der Waals surface area contributed by atoms with Crippen molar-refractivity contribution in [1.29, 1.82) is 0 Å². The lowest BCUT2D eigenvalue weighted by molar-refractivity contribution is 0.0951. The highest BCUT2D eigenvalue weighted by atomic mass is 79.9. The van der Waals surface area contributed by atoms with Gasteiger partial charge in [-0.25, -0.2) is 0 Å². The largest absolute Gasteiger partial charge is 0.352 e. The van der Waals surface area contributed by atoms with Crippen LogP contribution in [0, 0.1) is 12.8 Å². The van der Waals surface area contributed by atoms with E-state index in [0.29, 0.717) is 0 Å². The Morgan fingerprint density at radius 1 is 1.53 bits per heavy atom. The maximum atomic E-state index is 11.8. The first kappa shape index (κ1) is 10.7. The molecule has 2 nitrogen and oxygen atoms in total. The quantitative estimate of drug-likeness (QED) is 0.897. The summed E-state index contributed by atoms with van der Waals surface area (Å²) in [6.45, 7) is 2.78. The van der Waals surface area contributed by atoms with Crippen LogP contribution in [0.15, 0.2) is 22.7 Å². The van der Waals surface area contributed by atoms with E-state index in [-0.39, 0.29) is 5.91 Å². The van der Waals surface area contributed by atoms with Crippen molar-refractivity contribution in [3.63, 3.8) is 0 Å².